The molecule has 0 fully saturated rings. The lowest BCUT2D eigenvalue weighted by molar-refractivity contribution is 0.435. The lowest BCUT2D eigenvalue weighted by atomic mass is 9.63. The predicted molar refractivity (Wildman–Crippen MR) is 383 cm³/mol. The number of allylic oxidation sites excluding steroid dienone is 8. The number of terminal acetylenes is 1. The molecule has 0 amide bonds. The summed E-state index contributed by atoms with van der Waals surface area (Å²) in [6.07, 6.45) is 15.5. The summed E-state index contributed by atoms with van der Waals surface area (Å²) in [6, 6.07) is 59.2. The van der Waals surface area contributed by atoms with Crippen molar-refractivity contribution in [1.82, 2.24) is 0 Å². The van der Waals surface area contributed by atoms with Gasteiger partial charge in [0.25, 0.3) is 0 Å². The predicted octanol–water partition coefficient (Wildman–Crippen LogP) is 9.43. The highest BCUT2D eigenvalue weighted by molar-refractivity contribution is 6.60. The number of aromatic hydroxyl groups is 1. The Balaban J connectivity index is 1.05. The van der Waals surface area contributed by atoms with Gasteiger partial charge in [-0.1, -0.05) is 209 Å². The van der Waals surface area contributed by atoms with Crippen LogP contribution < -0.4 is 42.4 Å². The third kappa shape index (κ3) is 7.61. The molecular formula is C77H63B6NO3. The zero-order valence-electron chi connectivity index (χ0n) is 51.5. The van der Waals surface area contributed by atoms with Crippen LogP contribution in [-0.4, -0.2) is 52.2 Å². The maximum atomic E-state index is 13.3. The van der Waals surface area contributed by atoms with E-state index >= 15 is 0 Å². The van der Waals surface area contributed by atoms with E-state index in [0.717, 1.165) is 129 Å². The van der Waals surface area contributed by atoms with Crippen LogP contribution >= 0.6 is 0 Å². The van der Waals surface area contributed by atoms with Crippen molar-refractivity contribution in [2.75, 3.05) is 4.90 Å². The van der Waals surface area contributed by atoms with E-state index in [1.807, 2.05) is 0 Å². The number of rotatable bonds is 7. The van der Waals surface area contributed by atoms with Crippen LogP contribution in [0.3, 0.4) is 0 Å². The zero-order valence-corrected chi connectivity index (χ0v) is 51.5. The normalized spacial score (nSPS) is 15.1. The number of phenols is 1. The van der Waals surface area contributed by atoms with Crippen molar-refractivity contribution < 1.29 is 14.3 Å². The maximum absolute atomic E-state index is 13.3. The van der Waals surface area contributed by atoms with Crippen LogP contribution in [0.5, 0.6) is 17.2 Å². The van der Waals surface area contributed by atoms with Crippen LogP contribution in [0.25, 0.3) is 71.7 Å². The van der Waals surface area contributed by atoms with Crippen molar-refractivity contribution in [2.24, 2.45) is 0 Å². The number of hydrogen-bond donors (Lipinski definition) is 1. The van der Waals surface area contributed by atoms with Gasteiger partial charge in [-0.3, -0.25) is 0 Å². The Bertz CT molecular complexity index is 4980. The highest BCUT2D eigenvalue weighted by Crippen LogP contribution is 2.65. The fraction of sp³-hybridized carbons (Fsp3) is 0.117. The maximum Gasteiger partial charge on any atom is 0.147 e. The average Bonchev–Trinajstić information content (AvgIpc) is 1.62. The quantitative estimate of drug-likeness (QED) is 0.0983. The molecule has 11 aromatic rings. The molecule has 2 heterocycles. The van der Waals surface area contributed by atoms with Crippen LogP contribution in [0.2, 0.25) is 0 Å². The van der Waals surface area contributed by atoms with Gasteiger partial charge in [0.05, 0.1) is 16.8 Å². The number of nitrogens with zero attached hydrogens (tertiary/aromatic N) is 1. The van der Waals surface area contributed by atoms with Crippen molar-refractivity contribution in [2.45, 2.75) is 58.3 Å². The number of anilines is 2. The smallest absolute Gasteiger partial charge is 0.147 e. The molecule has 0 unspecified atom stereocenters. The summed E-state index contributed by atoms with van der Waals surface area (Å²) in [5.74, 6) is 5.14. The molecule has 0 bridgehead atoms. The second-order valence-corrected chi connectivity index (χ2v) is 25.3. The number of fused-ring (bicyclic) bond motifs is 15. The van der Waals surface area contributed by atoms with E-state index in [9.17, 15) is 5.11 Å². The first-order valence-corrected chi connectivity index (χ1v) is 30.6. The number of para-hydroxylation sites is 1. The highest BCUT2D eigenvalue weighted by Gasteiger charge is 2.52. The summed E-state index contributed by atoms with van der Waals surface area (Å²) in [7, 11) is 13.0. The molecule has 87 heavy (non-hydrogen) atoms. The Morgan fingerprint density at radius 3 is 1.92 bits per heavy atom. The van der Waals surface area contributed by atoms with Crippen molar-refractivity contribution in [1.29, 1.82) is 0 Å². The highest BCUT2D eigenvalue weighted by atomic mass is 16.5. The molecule has 0 atom stereocenters. The number of phenolic OH excluding ortho intramolecular Hbond substituents is 1. The van der Waals surface area contributed by atoms with Crippen LogP contribution in [-0.2, 0) is 10.8 Å². The van der Waals surface area contributed by atoms with Crippen LogP contribution in [0.4, 0.5) is 11.4 Å². The molecule has 10 aromatic carbocycles. The van der Waals surface area contributed by atoms with Crippen molar-refractivity contribution >= 4 is 141 Å². The Hall–Kier alpha value is -9.43. The summed E-state index contributed by atoms with van der Waals surface area (Å²) in [6.45, 7) is 11.3. The molecule has 4 nitrogen and oxygen atoms in total. The number of ether oxygens (including phenoxy) is 1. The third-order valence-corrected chi connectivity index (χ3v) is 20.9. The molecule has 412 valence electrons. The third-order valence-electron chi connectivity index (χ3n) is 20.9. The van der Waals surface area contributed by atoms with E-state index in [2.05, 4.69) is 275 Å². The lowest BCUT2D eigenvalue weighted by Crippen LogP contribution is -2.43. The van der Waals surface area contributed by atoms with Crippen molar-refractivity contribution in [3.8, 4) is 51.8 Å². The fourth-order valence-corrected chi connectivity index (χ4v) is 16.0. The Morgan fingerprint density at radius 1 is 0.586 bits per heavy atom. The summed E-state index contributed by atoms with van der Waals surface area (Å²) >= 11 is 0. The Labute approximate surface area is 515 Å². The second kappa shape index (κ2) is 19.8. The number of furan rings is 1. The monoisotopic (exact) mass is 1120 g/mol. The van der Waals surface area contributed by atoms with Crippen molar-refractivity contribution in [3.63, 3.8) is 0 Å². The van der Waals surface area contributed by atoms with Gasteiger partial charge in [0.2, 0.25) is 0 Å². The van der Waals surface area contributed by atoms with Gasteiger partial charge < -0.3 is 19.2 Å². The molecule has 1 N–H and O–H groups in total. The zero-order chi connectivity index (χ0) is 60.1. The molecule has 15 rings (SSSR count). The van der Waals surface area contributed by atoms with Gasteiger partial charge in [-0.2, -0.15) is 0 Å². The fourth-order valence-electron chi connectivity index (χ4n) is 16.0. The Morgan fingerprint density at radius 2 is 1.21 bits per heavy atom. The summed E-state index contributed by atoms with van der Waals surface area (Å²) < 4.78 is 14.3. The minimum atomic E-state index is -0.728. The molecule has 4 aliphatic rings. The van der Waals surface area contributed by atoms with Gasteiger partial charge in [0.1, 0.15) is 75.5 Å². The van der Waals surface area contributed by atoms with Crippen LogP contribution in [0.1, 0.15) is 89.2 Å². The molecule has 1 aromatic heterocycles. The van der Waals surface area contributed by atoms with E-state index in [1.54, 1.807) is 0 Å². The minimum absolute atomic E-state index is 0.142. The molecule has 0 saturated carbocycles. The molecule has 0 saturated heterocycles. The molecular weight excluding hydrogens is 1050 g/mol. The second-order valence-electron chi connectivity index (χ2n) is 25.3. The molecule has 3 aliphatic carbocycles. The molecule has 0 radical (unpaired) electrons. The number of hydrogen-bond acceptors (Lipinski definition) is 4. The molecule has 10 heteroatoms. The first kappa shape index (κ1) is 54.2. The first-order chi connectivity index (χ1) is 42.1. The van der Waals surface area contributed by atoms with E-state index < -0.39 is 5.41 Å². The van der Waals surface area contributed by atoms with Gasteiger partial charge in [0, 0.05) is 44.1 Å². The van der Waals surface area contributed by atoms with Gasteiger partial charge in [-0.25, -0.2) is 0 Å². The minimum Gasteiger partial charge on any atom is -0.508 e. The van der Waals surface area contributed by atoms with E-state index in [4.69, 9.17) is 15.6 Å². The van der Waals surface area contributed by atoms with Crippen LogP contribution in [0.15, 0.2) is 198 Å². The topological polar surface area (TPSA) is 45.8 Å². The lowest BCUT2D eigenvalue weighted by Gasteiger charge is -2.42. The van der Waals surface area contributed by atoms with E-state index in [0.29, 0.717) is 5.70 Å². The average molecular weight is 1120 g/mol. The summed E-state index contributed by atoms with van der Waals surface area (Å²) in [5, 5.41) is 17.7. The molecule has 1 aliphatic heterocycles. The standard InChI is InChI=1S/C77H63B6NO3/c1-7-46(33-31-40(2)47-24-18-30-61-64(47)52-37-43-19-8-9-20-44(43)39-62(52)86-61)84(73-71(82)70(81)66(74(85)72(73)83)65-67(78)41(3)42(4)68(79)69(65)80)59-36-35-58-75(63(59)45-32-34-54-51(38-45)50-23-10-13-25-53(50)76(54,5)6)87-60-29-17-16-28-57(60)77(58)55-26-14-11-21-48(55)49-22-12-15-27-56(49)77/h1,8-31,33,35-39,85H,32,34,78-83H2,2-6H3/b40-31+,46-33+. The summed E-state index contributed by atoms with van der Waals surface area (Å²) in [4.78, 5) is 2.27. The molecule has 1 spiro atoms. The Kier molecular flexibility index (Phi) is 12.4. The van der Waals surface area contributed by atoms with Gasteiger partial charge in [0.15, 0.2) is 0 Å². The van der Waals surface area contributed by atoms with E-state index in [1.165, 1.54) is 72.0 Å². The number of benzene rings is 10. The largest absolute Gasteiger partial charge is 0.508 e. The van der Waals surface area contributed by atoms with Crippen molar-refractivity contribution in [3.05, 3.63) is 249 Å². The summed E-state index contributed by atoms with van der Waals surface area (Å²) in [5.41, 5.74) is 30.4. The first-order valence-electron chi connectivity index (χ1n) is 30.6. The van der Waals surface area contributed by atoms with Gasteiger partial charge in [-0.05, 0) is 147 Å². The van der Waals surface area contributed by atoms with Gasteiger partial charge >= 0.3 is 0 Å². The van der Waals surface area contributed by atoms with Crippen LogP contribution in [0, 0.1) is 26.2 Å². The SMILES string of the molecule is Bc1c(B)c(-c2c(B)c(B)c(N(/C(C#C)=C/C=C(\C)c3cccc4oc5cc6ccccc6cc5c34)c3ccc4c(c3C3=CC5=C(CC3)C(C)(C)c3ccccc35)Oc3ccccc3C43c4ccccc4-c4ccccc43)c(B)c2O)c(B)c(C)c1C. The van der Waals surface area contributed by atoms with E-state index in [-0.39, 0.29) is 11.2 Å². The van der Waals surface area contributed by atoms with Gasteiger partial charge in [-0.15, -0.1) is 6.42 Å².